The van der Waals surface area contributed by atoms with Gasteiger partial charge in [0.15, 0.2) is 6.61 Å². The molecule has 0 bridgehead atoms. The van der Waals surface area contributed by atoms with E-state index < -0.39 is 0 Å². The standard InChI is InChI=1S/C21H41NO3/c1-17(2)12-10-8-9-11-13-22-18(23)15-25-19(24)14-21(6,7)16-20(3,4)5/h17H,8-16H2,1-7H3,(H,22,23). The zero-order chi connectivity index (χ0) is 19.5. The van der Waals surface area contributed by atoms with E-state index in [4.69, 9.17) is 4.74 Å². The third-order valence-corrected chi connectivity index (χ3v) is 4.03. The third kappa shape index (κ3) is 16.2. The average molecular weight is 356 g/mol. The van der Waals surface area contributed by atoms with E-state index in [1.807, 2.05) is 0 Å². The van der Waals surface area contributed by atoms with E-state index in [0.717, 1.165) is 25.2 Å². The van der Waals surface area contributed by atoms with Gasteiger partial charge in [0, 0.05) is 6.54 Å². The lowest BCUT2D eigenvalue weighted by Gasteiger charge is -2.31. The van der Waals surface area contributed by atoms with Crippen molar-refractivity contribution in [2.75, 3.05) is 13.2 Å². The van der Waals surface area contributed by atoms with E-state index in [9.17, 15) is 9.59 Å². The van der Waals surface area contributed by atoms with Crippen molar-refractivity contribution >= 4 is 11.9 Å². The van der Waals surface area contributed by atoms with Crippen molar-refractivity contribution in [2.24, 2.45) is 16.7 Å². The Kier molecular flexibility index (Phi) is 11.0. The zero-order valence-electron chi connectivity index (χ0n) is 17.7. The highest BCUT2D eigenvalue weighted by Gasteiger charge is 2.28. The van der Waals surface area contributed by atoms with Crippen LogP contribution in [0, 0.1) is 16.7 Å². The number of carbonyl (C=O) groups is 2. The number of hydrogen-bond donors (Lipinski definition) is 1. The highest BCUT2D eigenvalue weighted by molar-refractivity contribution is 5.80. The minimum atomic E-state index is -0.293. The van der Waals surface area contributed by atoms with E-state index in [-0.39, 0.29) is 29.3 Å². The van der Waals surface area contributed by atoms with Gasteiger partial charge < -0.3 is 10.1 Å². The normalized spacial score (nSPS) is 12.3. The lowest BCUT2D eigenvalue weighted by molar-refractivity contribution is -0.150. The van der Waals surface area contributed by atoms with Gasteiger partial charge in [-0.2, -0.15) is 0 Å². The molecule has 4 nitrogen and oxygen atoms in total. The molecule has 0 spiro atoms. The fourth-order valence-electron chi connectivity index (χ4n) is 3.40. The van der Waals surface area contributed by atoms with Crippen molar-refractivity contribution in [2.45, 2.75) is 93.4 Å². The molecule has 0 aliphatic rings. The van der Waals surface area contributed by atoms with Crippen molar-refractivity contribution in [3.05, 3.63) is 0 Å². The van der Waals surface area contributed by atoms with Gasteiger partial charge in [0.2, 0.25) is 0 Å². The highest BCUT2D eigenvalue weighted by Crippen LogP contribution is 2.35. The molecule has 0 aromatic heterocycles. The number of nitrogens with one attached hydrogen (secondary N) is 1. The average Bonchev–Trinajstić information content (AvgIpc) is 2.40. The lowest BCUT2D eigenvalue weighted by atomic mass is 9.74. The molecule has 0 atom stereocenters. The van der Waals surface area contributed by atoms with Gasteiger partial charge in [0.1, 0.15) is 0 Å². The number of hydrogen-bond acceptors (Lipinski definition) is 3. The van der Waals surface area contributed by atoms with Gasteiger partial charge in [0.05, 0.1) is 6.42 Å². The summed E-state index contributed by atoms with van der Waals surface area (Å²) in [6.07, 6.45) is 7.13. The summed E-state index contributed by atoms with van der Waals surface area (Å²) in [5.41, 5.74) is 0.0398. The Morgan fingerprint density at radius 1 is 0.960 bits per heavy atom. The molecular weight excluding hydrogens is 314 g/mol. The predicted octanol–water partition coefficient (Wildman–Crippen LogP) is 5.10. The molecule has 0 saturated carbocycles. The number of unbranched alkanes of at least 4 members (excludes halogenated alkanes) is 3. The summed E-state index contributed by atoms with van der Waals surface area (Å²) >= 11 is 0. The van der Waals surface area contributed by atoms with Crippen molar-refractivity contribution in [3.8, 4) is 0 Å². The summed E-state index contributed by atoms with van der Waals surface area (Å²) in [5.74, 6) is 0.269. The first-order valence-corrected chi connectivity index (χ1v) is 9.84. The minimum Gasteiger partial charge on any atom is -0.456 e. The van der Waals surface area contributed by atoms with Crippen molar-refractivity contribution in [1.29, 1.82) is 0 Å². The van der Waals surface area contributed by atoms with Crippen LogP contribution in [0.3, 0.4) is 0 Å². The van der Waals surface area contributed by atoms with Crippen molar-refractivity contribution < 1.29 is 14.3 Å². The molecule has 1 amide bonds. The van der Waals surface area contributed by atoms with E-state index in [1.54, 1.807) is 0 Å². The van der Waals surface area contributed by atoms with Crippen molar-refractivity contribution in [3.63, 3.8) is 0 Å². The maximum atomic E-state index is 11.9. The summed E-state index contributed by atoms with van der Waals surface area (Å²) in [6.45, 7) is 15.6. The molecular formula is C21H41NO3. The highest BCUT2D eigenvalue weighted by atomic mass is 16.5. The van der Waals surface area contributed by atoms with E-state index in [0.29, 0.717) is 13.0 Å². The van der Waals surface area contributed by atoms with Gasteiger partial charge in [-0.3, -0.25) is 9.59 Å². The van der Waals surface area contributed by atoms with E-state index in [2.05, 4.69) is 53.8 Å². The largest absolute Gasteiger partial charge is 0.456 e. The van der Waals surface area contributed by atoms with Crippen LogP contribution in [-0.2, 0) is 14.3 Å². The third-order valence-electron chi connectivity index (χ3n) is 4.03. The molecule has 25 heavy (non-hydrogen) atoms. The molecule has 0 unspecified atom stereocenters. The van der Waals surface area contributed by atoms with Gasteiger partial charge in [-0.25, -0.2) is 0 Å². The first-order chi connectivity index (χ1) is 11.4. The minimum absolute atomic E-state index is 0.123. The van der Waals surface area contributed by atoms with Gasteiger partial charge in [-0.15, -0.1) is 0 Å². The molecule has 0 rings (SSSR count). The Labute approximate surface area is 155 Å². The number of carbonyl (C=O) groups excluding carboxylic acids is 2. The monoisotopic (exact) mass is 355 g/mol. The van der Waals surface area contributed by atoms with Gasteiger partial charge >= 0.3 is 5.97 Å². The van der Waals surface area contributed by atoms with Crippen LogP contribution in [0.2, 0.25) is 0 Å². The molecule has 0 aliphatic heterocycles. The lowest BCUT2D eigenvalue weighted by Crippen LogP contribution is -2.31. The second kappa shape index (κ2) is 11.5. The van der Waals surface area contributed by atoms with Crippen LogP contribution in [0.15, 0.2) is 0 Å². The Morgan fingerprint density at radius 2 is 1.56 bits per heavy atom. The Morgan fingerprint density at radius 3 is 2.12 bits per heavy atom. The van der Waals surface area contributed by atoms with Crippen LogP contribution < -0.4 is 5.32 Å². The molecule has 1 N–H and O–H groups in total. The summed E-state index contributed by atoms with van der Waals surface area (Å²) in [6, 6.07) is 0. The smallest absolute Gasteiger partial charge is 0.306 e. The summed E-state index contributed by atoms with van der Waals surface area (Å²) in [4.78, 5) is 23.7. The second-order valence-electron chi connectivity index (χ2n) is 9.69. The van der Waals surface area contributed by atoms with Gasteiger partial charge in [0.25, 0.3) is 5.91 Å². The summed E-state index contributed by atoms with van der Waals surface area (Å²) in [5, 5.41) is 2.82. The molecule has 0 fully saturated rings. The number of amides is 1. The van der Waals surface area contributed by atoms with Crippen LogP contribution in [0.1, 0.15) is 93.4 Å². The van der Waals surface area contributed by atoms with Crippen LogP contribution >= 0.6 is 0 Å². The summed E-state index contributed by atoms with van der Waals surface area (Å²) in [7, 11) is 0. The van der Waals surface area contributed by atoms with Gasteiger partial charge in [-0.05, 0) is 29.6 Å². The Balaban J connectivity index is 3.79. The fourth-order valence-corrected chi connectivity index (χ4v) is 3.40. The van der Waals surface area contributed by atoms with Crippen LogP contribution in [0.4, 0.5) is 0 Å². The molecule has 4 heteroatoms. The molecule has 0 aromatic rings. The zero-order valence-corrected chi connectivity index (χ0v) is 17.7. The number of esters is 1. The maximum Gasteiger partial charge on any atom is 0.306 e. The molecule has 0 aromatic carbocycles. The van der Waals surface area contributed by atoms with Gasteiger partial charge in [-0.1, -0.05) is 74.1 Å². The van der Waals surface area contributed by atoms with Crippen molar-refractivity contribution in [1.82, 2.24) is 5.32 Å². The Bertz CT molecular complexity index is 394. The maximum absolute atomic E-state index is 11.9. The Hall–Kier alpha value is -1.06. The van der Waals surface area contributed by atoms with Crippen LogP contribution in [0.25, 0.3) is 0 Å². The fraction of sp³-hybridized carbons (Fsp3) is 0.905. The van der Waals surface area contributed by atoms with E-state index in [1.165, 1.54) is 19.3 Å². The quantitative estimate of drug-likeness (QED) is 0.391. The molecule has 0 saturated heterocycles. The predicted molar refractivity (Wildman–Crippen MR) is 104 cm³/mol. The van der Waals surface area contributed by atoms with Crippen LogP contribution in [0.5, 0.6) is 0 Å². The number of rotatable bonds is 12. The molecule has 0 heterocycles. The molecule has 0 radical (unpaired) electrons. The first kappa shape index (κ1) is 23.9. The number of ether oxygens (including phenoxy) is 1. The summed E-state index contributed by atoms with van der Waals surface area (Å²) < 4.78 is 5.13. The van der Waals surface area contributed by atoms with E-state index >= 15 is 0 Å². The second-order valence-corrected chi connectivity index (χ2v) is 9.69. The SMILES string of the molecule is CC(C)CCCCCCNC(=O)COC(=O)CC(C)(C)CC(C)(C)C. The topological polar surface area (TPSA) is 55.4 Å². The molecule has 0 aliphatic carbocycles. The molecule has 148 valence electrons. The van der Waals surface area contributed by atoms with Crippen LogP contribution in [-0.4, -0.2) is 25.0 Å². The first-order valence-electron chi connectivity index (χ1n) is 9.84.